The van der Waals surface area contributed by atoms with Crippen LogP contribution in [-0.4, -0.2) is 9.55 Å². The number of aromatic nitrogens is 2. The van der Waals surface area contributed by atoms with Crippen molar-refractivity contribution in [2.45, 2.75) is 19.3 Å². The molecule has 1 heterocycles. The molecule has 0 N–H and O–H groups in total. The van der Waals surface area contributed by atoms with Gasteiger partial charge in [-0.25, -0.2) is 4.98 Å². The maximum absolute atomic E-state index is 5.18. The molecule has 0 atom stereocenters. The Morgan fingerprint density at radius 1 is 0.476 bits per heavy atom. The SMILES string of the molecule is CC1(C)c2cc(-c3ccccc3)ccc2-c2ccc(-c3ccc4c(c3)nc(-c3ccccc3)n4-c3ccccc3)cc21. The summed E-state index contributed by atoms with van der Waals surface area (Å²) in [5.74, 6) is 0.953. The van der Waals surface area contributed by atoms with Gasteiger partial charge in [-0.1, -0.05) is 123 Å². The Morgan fingerprint density at radius 3 is 1.60 bits per heavy atom. The molecule has 0 radical (unpaired) electrons. The Balaban J connectivity index is 1.23. The first kappa shape index (κ1) is 24.6. The lowest BCUT2D eigenvalue weighted by molar-refractivity contribution is 0.661. The summed E-state index contributed by atoms with van der Waals surface area (Å²) in [6, 6.07) is 52.2. The minimum Gasteiger partial charge on any atom is -0.292 e. The van der Waals surface area contributed by atoms with Crippen LogP contribution in [0.15, 0.2) is 146 Å². The van der Waals surface area contributed by atoms with Crippen LogP contribution in [0.4, 0.5) is 0 Å². The number of hydrogen-bond donors (Lipinski definition) is 0. The van der Waals surface area contributed by atoms with Crippen LogP contribution in [-0.2, 0) is 5.41 Å². The van der Waals surface area contributed by atoms with Crippen LogP contribution in [0.1, 0.15) is 25.0 Å². The second-order valence-electron chi connectivity index (χ2n) is 11.7. The minimum absolute atomic E-state index is 0.0923. The van der Waals surface area contributed by atoms with Gasteiger partial charge in [0.05, 0.1) is 11.0 Å². The number of para-hydroxylation sites is 1. The number of fused-ring (bicyclic) bond motifs is 4. The molecule has 2 heteroatoms. The molecule has 6 aromatic carbocycles. The van der Waals surface area contributed by atoms with Gasteiger partial charge in [0.25, 0.3) is 0 Å². The van der Waals surface area contributed by atoms with Gasteiger partial charge >= 0.3 is 0 Å². The lowest BCUT2D eigenvalue weighted by Crippen LogP contribution is -2.15. The summed E-state index contributed by atoms with van der Waals surface area (Å²) in [7, 11) is 0. The lowest BCUT2D eigenvalue weighted by Gasteiger charge is -2.22. The first-order chi connectivity index (χ1) is 20.6. The summed E-state index contributed by atoms with van der Waals surface area (Å²) in [5, 5.41) is 0. The van der Waals surface area contributed by atoms with E-state index >= 15 is 0 Å². The molecule has 2 nitrogen and oxygen atoms in total. The van der Waals surface area contributed by atoms with Crippen molar-refractivity contribution in [2.75, 3.05) is 0 Å². The molecule has 42 heavy (non-hydrogen) atoms. The lowest BCUT2D eigenvalue weighted by atomic mass is 9.81. The predicted octanol–water partition coefficient (Wildman–Crippen LogP) is 10.3. The van der Waals surface area contributed by atoms with Gasteiger partial charge in [-0.3, -0.25) is 4.57 Å². The van der Waals surface area contributed by atoms with Crippen molar-refractivity contribution in [2.24, 2.45) is 0 Å². The maximum Gasteiger partial charge on any atom is 0.145 e. The molecule has 1 aliphatic carbocycles. The van der Waals surface area contributed by atoms with Gasteiger partial charge in [-0.2, -0.15) is 0 Å². The van der Waals surface area contributed by atoms with E-state index in [-0.39, 0.29) is 5.41 Å². The van der Waals surface area contributed by atoms with E-state index < -0.39 is 0 Å². The minimum atomic E-state index is -0.0923. The molecule has 0 fully saturated rings. The van der Waals surface area contributed by atoms with Crippen molar-refractivity contribution in [1.82, 2.24) is 9.55 Å². The van der Waals surface area contributed by atoms with Gasteiger partial charge in [0.2, 0.25) is 0 Å². The second kappa shape index (κ2) is 9.43. The molecule has 0 aliphatic heterocycles. The summed E-state index contributed by atoms with van der Waals surface area (Å²) < 4.78 is 2.27. The Hall–Kier alpha value is -5.21. The van der Waals surface area contributed by atoms with Crippen LogP contribution >= 0.6 is 0 Å². The molecule has 200 valence electrons. The maximum atomic E-state index is 5.18. The molecular formula is C40H30N2. The van der Waals surface area contributed by atoms with Gasteiger partial charge in [0, 0.05) is 16.7 Å². The molecule has 0 bridgehead atoms. The highest BCUT2D eigenvalue weighted by atomic mass is 15.1. The predicted molar refractivity (Wildman–Crippen MR) is 175 cm³/mol. The third-order valence-corrected chi connectivity index (χ3v) is 8.82. The first-order valence-corrected chi connectivity index (χ1v) is 14.6. The highest BCUT2D eigenvalue weighted by Crippen LogP contribution is 2.50. The average Bonchev–Trinajstić information content (AvgIpc) is 3.54. The van der Waals surface area contributed by atoms with Crippen molar-refractivity contribution in [3.63, 3.8) is 0 Å². The highest BCUT2D eigenvalue weighted by Gasteiger charge is 2.35. The van der Waals surface area contributed by atoms with Crippen LogP contribution in [0, 0.1) is 0 Å². The highest BCUT2D eigenvalue weighted by molar-refractivity contribution is 5.90. The normalized spacial score (nSPS) is 13.2. The van der Waals surface area contributed by atoms with E-state index in [4.69, 9.17) is 4.98 Å². The standard InChI is InChI=1S/C40H30N2/c1-40(2)35-24-29(27-12-6-3-7-13-27)18-21-33(35)34-22-19-30(25-36(34)40)31-20-23-38-37(26-31)41-39(28-14-8-4-9-15-28)42(38)32-16-10-5-11-17-32/h3-26H,1-2H3. The molecule has 0 unspecified atom stereocenters. The zero-order chi connectivity index (χ0) is 28.3. The van der Waals surface area contributed by atoms with Crippen molar-refractivity contribution in [3.05, 3.63) is 157 Å². The molecule has 7 aromatic rings. The van der Waals surface area contributed by atoms with Gasteiger partial charge in [-0.15, -0.1) is 0 Å². The number of imidazole rings is 1. The van der Waals surface area contributed by atoms with E-state index in [0.29, 0.717) is 0 Å². The van der Waals surface area contributed by atoms with Crippen molar-refractivity contribution in [1.29, 1.82) is 0 Å². The molecule has 0 amide bonds. The van der Waals surface area contributed by atoms with E-state index in [1.165, 1.54) is 44.5 Å². The smallest absolute Gasteiger partial charge is 0.145 e. The Bertz CT molecular complexity index is 2090. The van der Waals surface area contributed by atoms with E-state index in [1.807, 2.05) is 6.07 Å². The van der Waals surface area contributed by atoms with E-state index in [0.717, 1.165) is 28.1 Å². The second-order valence-corrected chi connectivity index (χ2v) is 11.7. The van der Waals surface area contributed by atoms with Gasteiger partial charge in [-0.05, 0) is 80.9 Å². The monoisotopic (exact) mass is 538 g/mol. The van der Waals surface area contributed by atoms with E-state index in [2.05, 4.69) is 158 Å². The molecule has 1 aromatic heterocycles. The van der Waals surface area contributed by atoms with Crippen LogP contribution in [0.25, 0.3) is 61.5 Å². The Kier molecular flexibility index (Phi) is 5.52. The van der Waals surface area contributed by atoms with Gasteiger partial charge in [0.1, 0.15) is 5.82 Å². The van der Waals surface area contributed by atoms with E-state index in [9.17, 15) is 0 Å². The number of rotatable bonds is 4. The van der Waals surface area contributed by atoms with Gasteiger partial charge < -0.3 is 0 Å². The van der Waals surface area contributed by atoms with Crippen LogP contribution in [0.2, 0.25) is 0 Å². The van der Waals surface area contributed by atoms with Crippen LogP contribution in [0.5, 0.6) is 0 Å². The number of hydrogen-bond acceptors (Lipinski definition) is 1. The zero-order valence-electron chi connectivity index (χ0n) is 23.8. The van der Waals surface area contributed by atoms with Crippen molar-refractivity contribution < 1.29 is 0 Å². The summed E-state index contributed by atoms with van der Waals surface area (Å²) in [6.07, 6.45) is 0. The third-order valence-electron chi connectivity index (χ3n) is 8.82. The average molecular weight is 539 g/mol. The van der Waals surface area contributed by atoms with E-state index in [1.54, 1.807) is 0 Å². The number of benzene rings is 6. The molecular weight excluding hydrogens is 508 g/mol. The quantitative estimate of drug-likeness (QED) is 0.218. The molecule has 1 aliphatic rings. The third kappa shape index (κ3) is 3.83. The fraction of sp³-hybridized carbons (Fsp3) is 0.0750. The summed E-state index contributed by atoms with van der Waals surface area (Å²) in [5.41, 5.74) is 14.6. The topological polar surface area (TPSA) is 17.8 Å². The fourth-order valence-electron chi connectivity index (χ4n) is 6.61. The molecule has 0 saturated heterocycles. The van der Waals surface area contributed by atoms with Crippen molar-refractivity contribution in [3.8, 4) is 50.5 Å². The van der Waals surface area contributed by atoms with Crippen LogP contribution in [0.3, 0.4) is 0 Å². The Morgan fingerprint density at radius 2 is 0.976 bits per heavy atom. The summed E-state index contributed by atoms with van der Waals surface area (Å²) in [4.78, 5) is 5.18. The Labute approximate surface area is 246 Å². The summed E-state index contributed by atoms with van der Waals surface area (Å²) >= 11 is 0. The van der Waals surface area contributed by atoms with Crippen LogP contribution < -0.4 is 0 Å². The van der Waals surface area contributed by atoms with Crippen molar-refractivity contribution >= 4 is 11.0 Å². The number of nitrogens with zero attached hydrogens (tertiary/aromatic N) is 2. The van der Waals surface area contributed by atoms with Gasteiger partial charge in [0.15, 0.2) is 0 Å². The molecule has 0 saturated carbocycles. The molecule has 0 spiro atoms. The largest absolute Gasteiger partial charge is 0.292 e. The molecule has 8 rings (SSSR count). The first-order valence-electron chi connectivity index (χ1n) is 14.6. The fourth-order valence-corrected chi connectivity index (χ4v) is 6.61. The zero-order valence-corrected chi connectivity index (χ0v) is 23.8. The summed E-state index contributed by atoms with van der Waals surface area (Å²) in [6.45, 7) is 4.71.